The molecule has 0 unspecified atom stereocenters. The summed E-state index contributed by atoms with van der Waals surface area (Å²) < 4.78 is 6.73. The van der Waals surface area contributed by atoms with Crippen molar-refractivity contribution >= 4 is 86.6 Å². The molecule has 0 aliphatic carbocycles. The molecule has 0 spiro atoms. The molecule has 1 nitrogen and oxygen atoms in total. The van der Waals surface area contributed by atoms with Gasteiger partial charge in [0.15, 0.2) is 0 Å². The molecule has 0 saturated heterocycles. The standard InChI is InChI=1S/C48H28O/c1-3-14-31-29(12-1)24-26-35-33(31)22-11-23-36(35)45-38-18-7-9-20-40(38)46(41-21-10-8-19-39(41)45)42-28-44-48(37-17-6-5-16-34(37)42)47-32-15-4-2-13-30(32)25-27-43(47)49-44/h1-28H. The fourth-order valence-electron chi connectivity index (χ4n) is 8.57. The highest BCUT2D eigenvalue weighted by Gasteiger charge is 2.22. The molecule has 0 aliphatic rings. The van der Waals surface area contributed by atoms with Crippen LogP contribution < -0.4 is 0 Å². The van der Waals surface area contributed by atoms with Crippen LogP contribution in [0.15, 0.2) is 174 Å². The minimum absolute atomic E-state index is 0.915. The van der Waals surface area contributed by atoms with Crippen molar-refractivity contribution < 1.29 is 4.42 Å². The first-order chi connectivity index (χ1) is 24.3. The molecule has 49 heavy (non-hydrogen) atoms. The molecular formula is C48H28O. The van der Waals surface area contributed by atoms with E-state index in [2.05, 4.69) is 170 Å². The minimum atomic E-state index is 0.915. The van der Waals surface area contributed by atoms with Gasteiger partial charge in [-0.15, -0.1) is 0 Å². The molecule has 1 aromatic heterocycles. The molecule has 1 heteroatoms. The Balaban J connectivity index is 1.29. The number of rotatable bonds is 2. The lowest BCUT2D eigenvalue weighted by atomic mass is 9.83. The van der Waals surface area contributed by atoms with Crippen LogP contribution in [-0.2, 0) is 0 Å². The first kappa shape index (κ1) is 26.6. The molecule has 0 N–H and O–H groups in total. The molecule has 0 atom stereocenters. The fourth-order valence-corrected chi connectivity index (χ4v) is 8.57. The Labute approximate surface area is 282 Å². The van der Waals surface area contributed by atoms with Gasteiger partial charge in [0, 0.05) is 10.8 Å². The van der Waals surface area contributed by atoms with E-state index in [1.807, 2.05) is 0 Å². The second kappa shape index (κ2) is 10.0. The Morgan fingerprint density at radius 1 is 0.265 bits per heavy atom. The maximum atomic E-state index is 6.73. The lowest BCUT2D eigenvalue weighted by Crippen LogP contribution is -1.92. The average molecular weight is 621 g/mol. The number of hydrogen-bond donors (Lipinski definition) is 0. The van der Waals surface area contributed by atoms with E-state index in [0.29, 0.717) is 0 Å². The maximum absolute atomic E-state index is 6.73. The van der Waals surface area contributed by atoms with E-state index in [9.17, 15) is 0 Å². The van der Waals surface area contributed by atoms with Gasteiger partial charge in [0.2, 0.25) is 0 Å². The van der Waals surface area contributed by atoms with Gasteiger partial charge in [-0.25, -0.2) is 0 Å². The first-order valence-corrected chi connectivity index (χ1v) is 16.9. The average Bonchev–Trinajstić information content (AvgIpc) is 3.56. The van der Waals surface area contributed by atoms with Gasteiger partial charge in [-0.05, 0) is 99.0 Å². The molecule has 1 heterocycles. The number of furan rings is 1. The van der Waals surface area contributed by atoms with Gasteiger partial charge >= 0.3 is 0 Å². The largest absolute Gasteiger partial charge is 0.456 e. The smallest absolute Gasteiger partial charge is 0.136 e. The van der Waals surface area contributed by atoms with Gasteiger partial charge in [0.1, 0.15) is 11.2 Å². The highest BCUT2D eigenvalue weighted by atomic mass is 16.3. The van der Waals surface area contributed by atoms with E-state index in [1.54, 1.807) is 0 Å². The second-order valence-electron chi connectivity index (χ2n) is 13.1. The van der Waals surface area contributed by atoms with Gasteiger partial charge in [-0.2, -0.15) is 0 Å². The van der Waals surface area contributed by atoms with Crippen LogP contribution in [0.25, 0.3) is 109 Å². The van der Waals surface area contributed by atoms with Gasteiger partial charge in [-0.3, -0.25) is 0 Å². The van der Waals surface area contributed by atoms with Crippen LogP contribution in [0.3, 0.4) is 0 Å². The number of fused-ring (bicyclic) bond motifs is 12. The predicted molar refractivity (Wildman–Crippen MR) is 210 cm³/mol. The molecule has 226 valence electrons. The summed E-state index contributed by atoms with van der Waals surface area (Å²) in [4.78, 5) is 0. The third-order valence-corrected chi connectivity index (χ3v) is 10.6. The maximum Gasteiger partial charge on any atom is 0.136 e. The van der Waals surface area contributed by atoms with E-state index < -0.39 is 0 Å². The molecule has 11 rings (SSSR count). The van der Waals surface area contributed by atoms with Crippen LogP contribution in [0.4, 0.5) is 0 Å². The van der Waals surface area contributed by atoms with Crippen LogP contribution in [0.1, 0.15) is 0 Å². The van der Waals surface area contributed by atoms with Gasteiger partial charge in [-0.1, -0.05) is 158 Å². The summed E-state index contributed by atoms with van der Waals surface area (Å²) in [7, 11) is 0. The van der Waals surface area contributed by atoms with Crippen molar-refractivity contribution in [3.8, 4) is 22.3 Å². The number of benzene rings is 10. The summed E-state index contributed by atoms with van der Waals surface area (Å²) in [5.41, 5.74) is 6.80. The third-order valence-electron chi connectivity index (χ3n) is 10.6. The van der Waals surface area contributed by atoms with Crippen molar-refractivity contribution in [3.63, 3.8) is 0 Å². The molecule has 0 saturated carbocycles. The summed E-state index contributed by atoms with van der Waals surface area (Å²) in [6.07, 6.45) is 0. The van der Waals surface area contributed by atoms with Crippen LogP contribution in [0.2, 0.25) is 0 Å². The molecule has 11 aromatic rings. The minimum Gasteiger partial charge on any atom is -0.456 e. The SMILES string of the molecule is c1ccc2c(c1)ccc1c(-c3c4ccccc4c(-c4cc5oc6ccc7ccccc7c6c5c5ccccc45)c4ccccc34)cccc12. The van der Waals surface area contributed by atoms with E-state index in [4.69, 9.17) is 4.42 Å². The third kappa shape index (κ3) is 3.70. The zero-order valence-electron chi connectivity index (χ0n) is 26.6. The first-order valence-electron chi connectivity index (χ1n) is 16.9. The lowest BCUT2D eigenvalue weighted by Gasteiger charge is -2.20. The Morgan fingerprint density at radius 2 is 0.735 bits per heavy atom. The normalized spacial score (nSPS) is 12.1. The lowest BCUT2D eigenvalue weighted by molar-refractivity contribution is 0.669. The van der Waals surface area contributed by atoms with Crippen LogP contribution in [0, 0.1) is 0 Å². The Kier molecular flexibility index (Phi) is 5.45. The van der Waals surface area contributed by atoms with Crippen molar-refractivity contribution in [2.45, 2.75) is 0 Å². The quantitative estimate of drug-likeness (QED) is 0.138. The summed E-state index contributed by atoms with van der Waals surface area (Å²) in [5, 5.41) is 17.3. The Hall–Kier alpha value is -6.44. The fraction of sp³-hybridized carbons (Fsp3) is 0. The van der Waals surface area contributed by atoms with Crippen molar-refractivity contribution in [2.75, 3.05) is 0 Å². The van der Waals surface area contributed by atoms with Gasteiger partial charge in [0.25, 0.3) is 0 Å². The van der Waals surface area contributed by atoms with Gasteiger partial charge < -0.3 is 4.42 Å². The summed E-state index contributed by atoms with van der Waals surface area (Å²) in [6, 6.07) is 62.0. The highest BCUT2D eigenvalue weighted by Crippen LogP contribution is 2.49. The van der Waals surface area contributed by atoms with Crippen LogP contribution >= 0.6 is 0 Å². The molecule has 0 bridgehead atoms. The molecule has 0 radical (unpaired) electrons. The van der Waals surface area contributed by atoms with Crippen molar-refractivity contribution in [2.24, 2.45) is 0 Å². The number of hydrogen-bond acceptors (Lipinski definition) is 1. The van der Waals surface area contributed by atoms with Crippen molar-refractivity contribution in [1.82, 2.24) is 0 Å². The van der Waals surface area contributed by atoms with E-state index >= 15 is 0 Å². The molecule has 0 aliphatic heterocycles. The van der Waals surface area contributed by atoms with Crippen molar-refractivity contribution in [1.29, 1.82) is 0 Å². The van der Waals surface area contributed by atoms with Crippen molar-refractivity contribution in [3.05, 3.63) is 170 Å². The van der Waals surface area contributed by atoms with Gasteiger partial charge in [0.05, 0.1) is 0 Å². The predicted octanol–water partition coefficient (Wildman–Crippen LogP) is 13.8. The monoisotopic (exact) mass is 620 g/mol. The summed E-state index contributed by atoms with van der Waals surface area (Å²) in [5.74, 6) is 0. The summed E-state index contributed by atoms with van der Waals surface area (Å²) >= 11 is 0. The Morgan fingerprint density at radius 3 is 1.43 bits per heavy atom. The molecule has 0 amide bonds. The Bertz CT molecular complexity index is 3100. The molecule has 10 aromatic carbocycles. The van der Waals surface area contributed by atoms with E-state index in [-0.39, 0.29) is 0 Å². The zero-order chi connectivity index (χ0) is 32.1. The molecule has 0 fully saturated rings. The highest BCUT2D eigenvalue weighted by molar-refractivity contribution is 6.31. The topological polar surface area (TPSA) is 13.1 Å². The van der Waals surface area contributed by atoms with E-state index in [0.717, 1.165) is 11.2 Å². The summed E-state index contributed by atoms with van der Waals surface area (Å²) in [6.45, 7) is 0. The second-order valence-corrected chi connectivity index (χ2v) is 13.1. The molecular weight excluding hydrogens is 593 g/mol. The van der Waals surface area contributed by atoms with E-state index in [1.165, 1.54) is 97.7 Å². The zero-order valence-corrected chi connectivity index (χ0v) is 26.6. The van der Waals surface area contributed by atoms with Crippen LogP contribution in [0.5, 0.6) is 0 Å². The van der Waals surface area contributed by atoms with Crippen LogP contribution in [-0.4, -0.2) is 0 Å².